The Kier molecular flexibility index (Phi) is 3.05. The first-order valence-corrected chi connectivity index (χ1v) is 7.24. The fourth-order valence-corrected chi connectivity index (χ4v) is 3.10. The number of imide groups is 1. The zero-order chi connectivity index (χ0) is 15.5. The Bertz CT molecular complexity index is 693. The smallest absolute Gasteiger partial charge is 0.270 e. The number of hydrogen-bond acceptors (Lipinski definition) is 3. The average molecular weight is 311 g/mol. The summed E-state index contributed by atoms with van der Waals surface area (Å²) >= 11 is 5.86. The van der Waals surface area contributed by atoms with Crippen molar-refractivity contribution in [3.8, 4) is 0 Å². The normalized spacial score (nSPS) is 20.8. The van der Waals surface area contributed by atoms with Crippen LogP contribution in [-0.4, -0.2) is 52.1 Å². The summed E-state index contributed by atoms with van der Waals surface area (Å²) in [5, 5.41) is 0. The third-order valence-electron chi connectivity index (χ3n) is 4.25. The molecule has 1 unspecified atom stereocenters. The van der Waals surface area contributed by atoms with Crippen LogP contribution in [0, 0.1) is 13.8 Å². The lowest BCUT2D eigenvalue weighted by molar-refractivity contribution is -0.684. The van der Waals surface area contributed by atoms with Crippen molar-refractivity contribution in [3.05, 3.63) is 11.4 Å². The molecule has 0 spiro atoms. The van der Waals surface area contributed by atoms with E-state index in [9.17, 15) is 9.59 Å². The van der Waals surface area contributed by atoms with Crippen LogP contribution in [0.1, 0.15) is 17.4 Å². The Morgan fingerprint density at radius 2 is 1.90 bits per heavy atom. The van der Waals surface area contributed by atoms with Gasteiger partial charge < -0.3 is 0 Å². The van der Waals surface area contributed by atoms with Crippen LogP contribution in [-0.2, 0) is 11.3 Å². The van der Waals surface area contributed by atoms with Crippen LogP contribution < -0.4 is 4.57 Å². The fraction of sp³-hybridized carbons (Fsp3) is 0.538. The summed E-state index contributed by atoms with van der Waals surface area (Å²) in [6, 6.07) is -0.929. The van der Waals surface area contributed by atoms with E-state index < -0.39 is 6.04 Å². The number of halogens is 1. The van der Waals surface area contributed by atoms with Gasteiger partial charge in [-0.1, -0.05) is 4.99 Å². The Morgan fingerprint density at radius 1 is 1.24 bits per heavy atom. The number of fused-ring (bicyclic) bond motifs is 3. The molecule has 7 nitrogen and oxygen atoms in total. The second-order valence-corrected chi connectivity index (χ2v) is 5.67. The van der Waals surface area contributed by atoms with Gasteiger partial charge in [-0.2, -0.15) is 0 Å². The van der Waals surface area contributed by atoms with Crippen LogP contribution in [0.25, 0.3) is 0 Å². The van der Waals surface area contributed by atoms with E-state index in [0.717, 1.165) is 16.3 Å². The average Bonchev–Trinajstić information content (AvgIpc) is 2.95. The number of aliphatic imine (C=N–C) groups is 1. The van der Waals surface area contributed by atoms with E-state index in [-0.39, 0.29) is 11.9 Å². The summed E-state index contributed by atoms with van der Waals surface area (Å²) in [5.41, 5.74) is 1.99. The zero-order valence-corrected chi connectivity index (χ0v) is 13.2. The fourth-order valence-electron chi connectivity index (χ4n) is 2.93. The van der Waals surface area contributed by atoms with Gasteiger partial charge in [0.1, 0.15) is 11.4 Å². The minimum atomic E-state index is -0.567. The van der Waals surface area contributed by atoms with Gasteiger partial charge in [0.15, 0.2) is 0 Å². The molecule has 3 heterocycles. The number of alkyl halides is 1. The van der Waals surface area contributed by atoms with E-state index >= 15 is 0 Å². The summed E-state index contributed by atoms with van der Waals surface area (Å²) in [6.07, 6.45) is 0. The molecule has 0 bridgehead atoms. The van der Waals surface area contributed by atoms with Crippen LogP contribution >= 0.6 is 11.6 Å². The Hall–Kier alpha value is -1.89. The highest BCUT2D eigenvalue weighted by molar-refractivity contribution is 6.20. The number of hydrogen-bond donors (Lipinski definition) is 0. The maximum absolute atomic E-state index is 12.5. The lowest BCUT2D eigenvalue weighted by Gasteiger charge is -2.30. The molecular weight excluding hydrogens is 294 g/mol. The predicted octanol–water partition coefficient (Wildman–Crippen LogP) is 0.740. The van der Waals surface area contributed by atoms with Gasteiger partial charge in [0.25, 0.3) is 5.91 Å². The van der Waals surface area contributed by atoms with Crippen molar-refractivity contribution in [1.82, 2.24) is 14.4 Å². The quantitative estimate of drug-likeness (QED) is 0.597. The van der Waals surface area contributed by atoms with Crippen molar-refractivity contribution in [1.29, 1.82) is 0 Å². The van der Waals surface area contributed by atoms with Crippen molar-refractivity contribution in [3.63, 3.8) is 0 Å². The van der Waals surface area contributed by atoms with E-state index in [0.29, 0.717) is 24.2 Å². The monoisotopic (exact) mass is 310 g/mol. The lowest BCUT2D eigenvalue weighted by Crippen LogP contribution is -2.56. The molecular formula is C13H17ClN5O2+. The minimum Gasteiger partial charge on any atom is -0.270 e. The predicted molar refractivity (Wildman–Crippen MR) is 76.9 cm³/mol. The molecule has 21 heavy (non-hydrogen) atoms. The molecule has 1 aromatic rings. The molecule has 0 aromatic carbocycles. The second kappa shape index (κ2) is 4.56. The van der Waals surface area contributed by atoms with Gasteiger partial charge in [-0.25, -0.2) is 13.9 Å². The van der Waals surface area contributed by atoms with Crippen molar-refractivity contribution in [2.24, 2.45) is 4.99 Å². The first-order chi connectivity index (χ1) is 9.90. The zero-order valence-electron chi connectivity index (χ0n) is 12.4. The number of amides is 3. The molecule has 3 rings (SSSR count). The van der Waals surface area contributed by atoms with Gasteiger partial charge in [-0.3, -0.25) is 14.6 Å². The molecule has 8 heteroatoms. The Balaban J connectivity index is 2.21. The number of imidazole rings is 1. The van der Waals surface area contributed by atoms with Crippen LogP contribution in [0.2, 0.25) is 0 Å². The summed E-state index contributed by atoms with van der Waals surface area (Å²) in [5.74, 6) is 1.35. The molecule has 0 radical (unpaired) electrons. The van der Waals surface area contributed by atoms with E-state index in [1.54, 1.807) is 7.05 Å². The van der Waals surface area contributed by atoms with Crippen LogP contribution in [0.15, 0.2) is 4.99 Å². The third kappa shape index (κ3) is 1.67. The Morgan fingerprint density at radius 3 is 2.52 bits per heavy atom. The van der Waals surface area contributed by atoms with Gasteiger partial charge in [-0.05, 0) is 13.8 Å². The van der Waals surface area contributed by atoms with Gasteiger partial charge >= 0.3 is 12.0 Å². The van der Waals surface area contributed by atoms with E-state index in [1.807, 2.05) is 23.0 Å². The van der Waals surface area contributed by atoms with E-state index in [1.165, 1.54) is 11.9 Å². The molecule has 0 aliphatic carbocycles. The molecule has 3 amide bonds. The number of likely N-dealkylation sites (N-methyl/N-ethyl adjacent to an activating group) is 2. The Labute approximate surface area is 127 Å². The van der Waals surface area contributed by atoms with Gasteiger partial charge in [0.2, 0.25) is 11.9 Å². The molecule has 1 aromatic heterocycles. The first kappa shape index (κ1) is 14.1. The van der Waals surface area contributed by atoms with Crippen LogP contribution in [0.3, 0.4) is 0 Å². The molecule has 2 aliphatic rings. The van der Waals surface area contributed by atoms with Crippen LogP contribution in [0.5, 0.6) is 0 Å². The van der Waals surface area contributed by atoms with Gasteiger partial charge in [0.05, 0.1) is 12.4 Å². The van der Waals surface area contributed by atoms with Gasteiger partial charge in [-0.15, -0.1) is 11.6 Å². The summed E-state index contributed by atoms with van der Waals surface area (Å²) < 4.78 is 3.87. The molecule has 1 fully saturated rings. The minimum absolute atomic E-state index is 0.258. The highest BCUT2D eigenvalue weighted by atomic mass is 35.5. The number of rotatable bonds is 2. The summed E-state index contributed by atoms with van der Waals surface area (Å²) in [7, 11) is 3.13. The number of urea groups is 1. The molecule has 1 saturated heterocycles. The van der Waals surface area contributed by atoms with Crippen molar-refractivity contribution in [2.75, 3.05) is 20.0 Å². The molecule has 0 N–H and O–H groups in total. The van der Waals surface area contributed by atoms with Crippen molar-refractivity contribution < 1.29 is 14.2 Å². The van der Waals surface area contributed by atoms with Crippen molar-refractivity contribution >= 4 is 35.3 Å². The highest BCUT2D eigenvalue weighted by Crippen LogP contribution is 2.34. The lowest BCUT2D eigenvalue weighted by atomic mass is 10.1. The molecule has 112 valence electrons. The number of carbonyl (C=O) groups is 2. The summed E-state index contributed by atoms with van der Waals surface area (Å²) in [4.78, 5) is 31.6. The second-order valence-electron chi connectivity index (χ2n) is 5.29. The van der Waals surface area contributed by atoms with Gasteiger partial charge in [0, 0.05) is 14.1 Å². The number of carbonyl (C=O) groups excluding carboxylic acids is 2. The SMILES string of the molecule is Cc1c(C)[n+](CCCl)c2n1C1C(=O)N(C)C(=O)N(C)C1=N2. The van der Waals surface area contributed by atoms with Crippen molar-refractivity contribution in [2.45, 2.75) is 26.4 Å². The topological polar surface area (TPSA) is 61.8 Å². The largest absolute Gasteiger partial charge is 0.402 e. The maximum atomic E-state index is 12.5. The standard InChI is InChI=1S/C13H17ClN5O2/c1-7-8(2)19-9-10(15-12(19)18(7)6-5-14)16(3)13(21)17(4)11(9)20/h9H,5-6H2,1-4H3/q+1. The molecule has 2 aliphatic heterocycles. The number of amidine groups is 1. The first-order valence-electron chi connectivity index (χ1n) is 6.71. The third-order valence-corrected chi connectivity index (χ3v) is 4.42. The van der Waals surface area contributed by atoms with E-state index in [4.69, 9.17) is 11.6 Å². The highest BCUT2D eigenvalue weighted by Gasteiger charge is 2.53. The number of nitrogens with zero attached hydrogens (tertiary/aromatic N) is 5. The molecule has 0 saturated carbocycles. The maximum Gasteiger partial charge on any atom is 0.402 e. The summed E-state index contributed by atoms with van der Waals surface area (Å²) in [6.45, 7) is 4.54. The number of aromatic nitrogens is 2. The van der Waals surface area contributed by atoms with Crippen LogP contribution in [0.4, 0.5) is 10.7 Å². The molecule has 1 atom stereocenters. The van der Waals surface area contributed by atoms with E-state index in [2.05, 4.69) is 4.99 Å².